The number of halogens is 1. The number of benzene rings is 2. The molecule has 4 rings (SSSR count). The molecule has 1 N–H and O–H groups in total. The molecule has 2 aromatic rings. The number of phenols is 1. The number of hydrogen-bond acceptors (Lipinski definition) is 6. The Morgan fingerprint density at radius 3 is 2.59 bits per heavy atom. The van der Waals surface area contributed by atoms with Crippen molar-refractivity contribution < 1.29 is 19.4 Å². The number of carbonyl (C=O) groups excluding carboxylic acids is 1. The van der Waals surface area contributed by atoms with Gasteiger partial charge in [-0.3, -0.25) is 9.69 Å². The number of likely N-dealkylation sites (N-methyl/N-ethyl adjacent to an activating group) is 1. The van der Waals surface area contributed by atoms with Crippen molar-refractivity contribution in [3.63, 3.8) is 0 Å². The minimum Gasteiger partial charge on any atom is -0.508 e. The van der Waals surface area contributed by atoms with Gasteiger partial charge in [0, 0.05) is 56.4 Å². The van der Waals surface area contributed by atoms with Crippen molar-refractivity contribution in [2.24, 2.45) is 0 Å². The Labute approximate surface area is 206 Å². The molecule has 0 aliphatic carbocycles. The number of phenolic OH excluding ortho intramolecular Hbond substituents is 1. The van der Waals surface area contributed by atoms with E-state index in [0.717, 1.165) is 43.9 Å². The fourth-order valence-electron chi connectivity index (χ4n) is 4.57. The molecule has 0 bridgehead atoms. The molecular weight excluding hydrogens is 454 g/mol. The quantitative estimate of drug-likeness (QED) is 0.647. The third-order valence-corrected chi connectivity index (χ3v) is 6.85. The number of amides is 1. The number of carbonyl (C=O) groups is 1. The Bertz CT molecular complexity index is 979. The zero-order valence-corrected chi connectivity index (χ0v) is 20.8. The van der Waals surface area contributed by atoms with Crippen molar-refractivity contribution in [1.82, 2.24) is 14.7 Å². The molecule has 0 saturated carbocycles. The van der Waals surface area contributed by atoms with Crippen molar-refractivity contribution in [2.75, 3.05) is 59.5 Å². The van der Waals surface area contributed by atoms with E-state index in [1.54, 1.807) is 18.2 Å². The highest BCUT2D eigenvalue weighted by Gasteiger charge is 2.41. The topological polar surface area (TPSA) is 65.5 Å². The Kier molecular flexibility index (Phi) is 7.99. The van der Waals surface area contributed by atoms with Gasteiger partial charge in [0.25, 0.3) is 0 Å². The second-order valence-electron chi connectivity index (χ2n) is 9.48. The van der Waals surface area contributed by atoms with Gasteiger partial charge in [0.1, 0.15) is 23.7 Å². The molecule has 2 saturated heterocycles. The van der Waals surface area contributed by atoms with Crippen LogP contribution in [0.15, 0.2) is 42.5 Å². The summed E-state index contributed by atoms with van der Waals surface area (Å²) in [5, 5.41) is 11.0. The summed E-state index contributed by atoms with van der Waals surface area (Å²) >= 11 is 6.01. The van der Waals surface area contributed by atoms with Crippen LogP contribution in [0, 0.1) is 6.92 Å². The fourth-order valence-corrected chi connectivity index (χ4v) is 4.70. The average Bonchev–Trinajstić information content (AvgIpc) is 2.82. The summed E-state index contributed by atoms with van der Waals surface area (Å²) in [4.78, 5) is 19.7. The van der Waals surface area contributed by atoms with Crippen LogP contribution in [-0.4, -0.2) is 90.8 Å². The van der Waals surface area contributed by atoms with Crippen LogP contribution in [-0.2, 0) is 16.1 Å². The molecule has 0 aromatic heterocycles. The monoisotopic (exact) mass is 487 g/mol. The number of aryl methyl sites for hydroxylation is 1. The second-order valence-corrected chi connectivity index (χ2v) is 9.91. The Morgan fingerprint density at radius 1 is 1.12 bits per heavy atom. The van der Waals surface area contributed by atoms with Gasteiger partial charge in [0.15, 0.2) is 0 Å². The van der Waals surface area contributed by atoms with E-state index in [1.165, 1.54) is 0 Å². The van der Waals surface area contributed by atoms with Crippen LogP contribution in [0.5, 0.6) is 11.5 Å². The lowest BCUT2D eigenvalue weighted by Gasteiger charge is -2.43. The molecule has 2 aliphatic rings. The molecule has 1 amide bonds. The number of nitrogens with zero attached hydrogens (tertiary/aromatic N) is 3. The number of aromatic hydroxyl groups is 1. The zero-order valence-electron chi connectivity index (χ0n) is 20.0. The standard InChI is InChI=1S/C26H34ClN3O4/c1-20-3-8-24(31)21(15-20)17-29-13-14-34-26(18-29,19-33-23-6-4-22(27)5-7-23)16-25(32)30-11-9-28(2)10-12-30/h3-8,15,31H,9-14,16-19H2,1-2H3/t26-/m1/s1. The Morgan fingerprint density at radius 2 is 1.85 bits per heavy atom. The van der Waals surface area contributed by atoms with Crippen LogP contribution < -0.4 is 4.74 Å². The van der Waals surface area contributed by atoms with Crippen molar-refractivity contribution in [1.29, 1.82) is 0 Å². The number of hydrogen-bond donors (Lipinski definition) is 1. The van der Waals surface area contributed by atoms with Gasteiger partial charge in [0.05, 0.1) is 13.0 Å². The van der Waals surface area contributed by atoms with Crippen LogP contribution in [0.2, 0.25) is 5.02 Å². The van der Waals surface area contributed by atoms with Gasteiger partial charge in [-0.2, -0.15) is 0 Å². The molecule has 0 radical (unpaired) electrons. The summed E-state index contributed by atoms with van der Waals surface area (Å²) in [6.07, 6.45) is 0.251. The van der Waals surface area contributed by atoms with Gasteiger partial charge in [-0.05, 0) is 44.3 Å². The van der Waals surface area contributed by atoms with E-state index in [0.29, 0.717) is 30.5 Å². The lowest BCUT2D eigenvalue weighted by Crippen LogP contribution is -2.58. The van der Waals surface area contributed by atoms with Crippen LogP contribution in [0.25, 0.3) is 0 Å². The highest BCUT2D eigenvalue weighted by molar-refractivity contribution is 6.30. The molecule has 184 valence electrons. The lowest BCUT2D eigenvalue weighted by molar-refractivity contribution is -0.158. The smallest absolute Gasteiger partial charge is 0.225 e. The normalized spacial score (nSPS) is 22.0. The zero-order chi connectivity index (χ0) is 24.1. The molecule has 8 heteroatoms. The Hall–Kier alpha value is -2.32. The van der Waals surface area contributed by atoms with E-state index >= 15 is 0 Å². The summed E-state index contributed by atoms with van der Waals surface area (Å²) in [6.45, 7) is 7.81. The largest absolute Gasteiger partial charge is 0.508 e. The fraction of sp³-hybridized carbons (Fsp3) is 0.500. The number of ether oxygens (including phenoxy) is 2. The van der Waals surface area contributed by atoms with Crippen molar-refractivity contribution in [3.05, 3.63) is 58.6 Å². The predicted molar refractivity (Wildman–Crippen MR) is 132 cm³/mol. The van der Waals surface area contributed by atoms with Crippen molar-refractivity contribution in [3.8, 4) is 11.5 Å². The first-order valence-electron chi connectivity index (χ1n) is 11.8. The molecule has 2 aromatic carbocycles. The Balaban J connectivity index is 1.50. The predicted octanol–water partition coefficient (Wildman–Crippen LogP) is 3.17. The van der Waals surface area contributed by atoms with E-state index in [1.807, 2.05) is 36.1 Å². The summed E-state index contributed by atoms with van der Waals surface area (Å²) in [6, 6.07) is 12.9. The molecule has 2 fully saturated rings. The molecule has 2 aliphatic heterocycles. The van der Waals surface area contributed by atoms with Crippen LogP contribution in [0.1, 0.15) is 17.5 Å². The first-order chi connectivity index (χ1) is 16.3. The van der Waals surface area contributed by atoms with Gasteiger partial charge in [0.2, 0.25) is 5.91 Å². The van der Waals surface area contributed by atoms with E-state index in [9.17, 15) is 9.90 Å². The minimum absolute atomic E-state index is 0.0908. The number of rotatable bonds is 7. The van der Waals surface area contributed by atoms with Gasteiger partial charge < -0.3 is 24.4 Å². The van der Waals surface area contributed by atoms with Crippen LogP contribution >= 0.6 is 11.6 Å². The molecule has 34 heavy (non-hydrogen) atoms. The van der Waals surface area contributed by atoms with Crippen molar-refractivity contribution >= 4 is 17.5 Å². The molecule has 7 nitrogen and oxygen atoms in total. The molecular formula is C26H34ClN3O4. The molecule has 1 atom stereocenters. The van der Waals surface area contributed by atoms with E-state index < -0.39 is 5.60 Å². The van der Waals surface area contributed by atoms with Crippen molar-refractivity contribution in [2.45, 2.75) is 25.5 Å². The van der Waals surface area contributed by atoms with Gasteiger partial charge in [-0.1, -0.05) is 29.3 Å². The third kappa shape index (κ3) is 6.42. The first kappa shape index (κ1) is 24.8. The first-order valence-corrected chi connectivity index (χ1v) is 12.2. The molecule has 0 unspecified atom stereocenters. The summed E-state index contributed by atoms with van der Waals surface area (Å²) in [5.41, 5.74) is 1.20. The SMILES string of the molecule is Cc1ccc(O)c(CN2CCO[C@](COc3ccc(Cl)cc3)(CC(=O)N3CCN(C)CC3)C2)c1. The van der Waals surface area contributed by atoms with E-state index in [4.69, 9.17) is 21.1 Å². The van der Waals surface area contributed by atoms with E-state index in [2.05, 4.69) is 16.8 Å². The highest BCUT2D eigenvalue weighted by atomic mass is 35.5. The maximum Gasteiger partial charge on any atom is 0.225 e. The van der Waals surface area contributed by atoms with Crippen LogP contribution in [0.4, 0.5) is 0 Å². The molecule has 0 spiro atoms. The van der Waals surface area contributed by atoms with Gasteiger partial charge in [-0.25, -0.2) is 0 Å². The third-order valence-electron chi connectivity index (χ3n) is 6.60. The second kappa shape index (κ2) is 11.0. The van der Waals surface area contributed by atoms with Gasteiger partial charge >= 0.3 is 0 Å². The molecule has 2 heterocycles. The summed E-state index contributed by atoms with van der Waals surface area (Å²) in [7, 11) is 2.08. The summed E-state index contributed by atoms with van der Waals surface area (Å²) < 4.78 is 12.4. The highest BCUT2D eigenvalue weighted by Crippen LogP contribution is 2.28. The number of morpholine rings is 1. The van der Waals surface area contributed by atoms with Crippen LogP contribution in [0.3, 0.4) is 0 Å². The number of piperazine rings is 1. The lowest BCUT2D eigenvalue weighted by atomic mass is 9.96. The minimum atomic E-state index is -0.780. The summed E-state index contributed by atoms with van der Waals surface area (Å²) in [5.74, 6) is 1.06. The maximum atomic E-state index is 13.3. The van der Waals surface area contributed by atoms with E-state index in [-0.39, 0.29) is 24.7 Å². The maximum absolute atomic E-state index is 13.3. The average molecular weight is 488 g/mol. The van der Waals surface area contributed by atoms with Gasteiger partial charge in [-0.15, -0.1) is 0 Å².